The van der Waals surface area contributed by atoms with Crippen molar-refractivity contribution in [1.29, 1.82) is 0 Å². The quantitative estimate of drug-likeness (QED) is 0.739. The summed E-state index contributed by atoms with van der Waals surface area (Å²) in [5.74, 6) is 1.21. The maximum absolute atomic E-state index is 12.9. The molecule has 1 aliphatic rings. The van der Waals surface area contributed by atoms with E-state index >= 15 is 0 Å². The summed E-state index contributed by atoms with van der Waals surface area (Å²) >= 11 is 0. The predicted molar refractivity (Wildman–Crippen MR) is 110 cm³/mol. The van der Waals surface area contributed by atoms with Gasteiger partial charge in [0.1, 0.15) is 5.76 Å². The van der Waals surface area contributed by atoms with Crippen molar-refractivity contribution in [3.63, 3.8) is 0 Å². The fraction of sp³-hybridized carbons (Fsp3) is 0.500. The van der Waals surface area contributed by atoms with E-state index < -0.39 is 10.0 Å². The van der Waals surface area contributed by atoms with Gasteiger partial charge in [0, 0.05) is 32.2 Å². The smallest absolute Gasteiger partial charge is 0.243 e. The number of benzene rings is 1. The lowest BCUT2D eigenvalue weighted by Gasteiger charge is -2.33. The van der Waals surface area contributed by atoms with Gasteiger partial charge in [-0.3, -0.25) is 9.69 Å². The van der Waals surface area contributed by atoms with Gasteiger partial charge in [-0.25, -0.2) is 8.42 Å². The molecule has 8 nitrogen and oxygen atoms in total. The maximum Gasteiger partial charge on any atom is 0.243 e. The van der Waals surface area contributed by atoms with Crippen molar-refractivity contribution in [3.05, 3.63) is 41.7 Å². The van der Waals surface area contributed by atoms with Crippen molar-refractivity contribution in [3.8, 4) is 0 Å². The van der Waals surface area contributed by atoms with E-state index in [-0.39, 0.29) is 12.5 Å². The Morgan fingerprint density at radius 2 is 1.86 bits per heavy atom. The second-order valence-electron chi connectivity index (χ2n) is 7.43. The number of nitrogens with one attached hydrogen (secondary N) is 1. The van der Waals surface area contributed by atoms with Gasteiger partial charge in [-0.2, -0.15) is 4.31 Å². The van der Waals surface area contributed by atoms with Gasteiger partial charge in [-0.1, -0.05) is 31.1 Å². The standard InChI is InChI=1S/C20H28N4O4S/c1-4-15(2)17-5-7-18(8-6-17)29(26,27)24-11-9-23(10-12-24)14-20(25)21-19-13-16(3)28-22-19/h5-8,13,15H,4,9-12,14H2,1-3H3,(H,21,22,25)/t15-/m0/s1. The Bertz CT molecular complexity index is 932. The molecule has 1 aliphatic heterocycles. The Balaban J connectivity index is 1.54. The lowest BCUT2D eigenvalue weighted by molar-refractivity contribution is -0.117. The van der Waals surface area contributed by atoms with E-state index in [1.54, 1.807) is 25.1 Å². The molecule has 0 saturated carbocycles. The third-order valence-corrected chi connectivity index (χ3v) is 7.21. The second-order valence-corrected chi connectivity index (χ2v) is 9.37. The Morgan fingerprint density at radius 1 is 1.21 bits per heavy atom. The van der Waals surface area contributed by atoms with Crippen LogP contribution in [-0.2, 0) is 14.8 Å². The van der Waals surface area contributed by atoms with Crippen LogP contribution in [0.3, 0.4) is 0 Å². The third kappa shape index (κ3) is 5.23. The van der Waals surface area contributed by atoms with Crippen LogP contribution in [0.2, 0.25) is 0 Å². The van der Waals surface area contributed by atoms with E-state index in [0.29, 0.717) is 48.6 Å². The highest BCUT2D eigenvalue weighted by Gasteiger charge is 2.29. The first-order chi connectivity index (χ1) is 13.8. The molecule has 0 aliphatic carbocycles. The molecule has 158 valence electrons. The van der Waals surface area contributed by atoms with Crippen molar-refractivity contribution in [2.24, 2.45) is 0 Å². The number of hydrogen-bond acceptors (Lipinski definition) is 6. The number of sulfonamides is 1. The number of carbonyl (C=O) groups is 1. The van der Waals surface area contributed by atoms with Crippen molar-refractivity contribution < 1.29 is 17.7 Å². The lowest BCUT2D eigenvalue weighted by atomic mass is 9.99. The third-order valence-electron chi connectivity index (χ3n) is 5.29. The molecule has 0 bridgehead atoms. The molecule has 1 atom stereocenters. The van der Waals surface area contributed by atoms with Crippen LogP contribution < -0.4 is 5.32 Å². The number of anilines is 1. The minimum atomic E-state index is -3.53. The summed E-state index contributed by atoms with van der Waals surface area (Å²) in [6.45, 7) is 7.87. The summed E-state index contributed by atoms with van der Waals surface area (Å²) in [4.78, 5) is 14.4. The molecule has 9 heteroatoms. The number of aryl methyl sites for hydroxylation is 1. The second kappa shape index (κ2) is 9.06. The summed E-state index contributed by atoms with van der Waals surface area (Å²) < 4.78 is 32.3. The molecule has 0 radical (unpaired) electrons. The predicted octanol–water partition coefficient (Wildman–Crippen LogP) is 2.44. The minimum Gasteiger partial charge on any atom is -0.360 e. The van der Waals surface area contributed by atoms with Crippen LogP contribution in [-0.4, -0.2) is 61.4 Å². The number of hydrogen-bond donors (Lipinski definition) is 1. The molecule has 1 N–H and O–H groups in total. The van der Waals surface area contributed by atoms with Crippen molar-refractivity contribution in [2.45, 2.75) is 38.0 Å². The summed E-state index contributed by atoms with van der Waals surface area (Å²) in [5, 5.41) is 6.42. The molecule has 1 amide bonds. The number of amides is 1. The van der Waals surface area contributed by atoms with E-state index in [0.717, 1.165) is 12.0 Å². The van der Waals surface area contributed by atoms with Crippen LogP contribution in [0.15, 0.2) is 39.8 Å². The molecule has 1 fully saturated rings. The van der Waals surface area contributed by atoms with Gasteiger partial charge >= 0.3 is 0 Å². The van der Waals surface area contributed by atoms with Gasteiger partial charge in [-0.15, -0.1) is 0 Å². The van der Waals surface area contributed by atoms with Gasteiger partial charge in [0.2, 0.25) is 15.9 Å². The van der Waals surface area contributed by atoms with Crippen LogP contribution in [0.1, 0.15) is 37.5 Å². The molecular formula is C20H28N4O4S. The van der Waals surface area contributed by atoms with Crippen LogP contribution in [0.25, 0.3) is 0 Å². The van der Waals surface area contributed by atoms with Gasteiger partial charge in [0.25, 0.3) is 0 Å². The molecule has 1 saturated heterocycles. The first-order valence-corrected chi connectivity index (χ1v) is 11.3. The minimum absolute atomic E-state index is 0.184. The first kappa shape index (κ1) is 21.5. The molecular weight excluding hydrogens is 392 g/mol. The number of nitrogens with zero attached hydrogens (tertiary/aromatic N) is 3. The van der Waals surface area contributed by atoms with E-state index in [4.69, 9.17) is 4.52 Å². The van der Waals surface area contributed by atoms with Gasteiger partial charge in [0.15, 0.2) is 5.82 Å². The number of aromatic nitrogens is 1. The molecule has 2 aromatic rings. The van der Waals surface area contributed by atoms with Gasteiger partial charge in [0.05, 0.1) is 11.4 Å². The molecule has 2 heterocycles. The molecule has 0 unspecified atom stereocenters. The Hall–Kier alpha value is -2.23. The zero-order valence-electron chi connectivity index (χ0n) is 17.1. The van der Waals surface area contributed by atoms with Crippen LogP contribution in [0.4, 0.5) is 5.82 Å². The summed E-state index contributed by atoms with van der Waals surface area (Å²) in [5.41, 5.74) is 1.14. The van der Waals surface area contributed by atoms with Crippen LogP contribution in [0.5, 0.6) is 0 Å². The summed E-state index contributed by atoms with van der Waals surface area (Å²) in [6.07, 6.45) is 1.01. The highest BCUT2D eigenvalue weighted by Crippen LogP contribution is 2.23. The van der Waals surface area contributed by atoms with E-state index in [1.165, 1.54) is 4.31 Å². The van der Waals surface area contributed by atoms with E-state index in [1.807, 2.05) is 17.0 Å². The zero-order valence-corrected chi connectivity index (χ0v) is 17.9. The van der Waals surface area contributed by atoms with E-state index in [2.05, 4.69) is 24.3 Å². The SMILES string of the molecule is CC[C@H](C)c1ccc(S(=O)(=O)N2CCN(CC(=O)Nc3cc(C)on3)CC2)cc1. The van der Waals surface area contributed by atoms with Crippen LogP contribution >= 0.6 is 0 Å². The Kier molecular flexibility index (Phi) is 6.71. The van der Waals surface area contributed by atoms with Gasteiger partial charge < -0.3 is 9.84 Å². The maximum atomic E-state index is 12.9. The zero-order chi connectivity index (χ0) is 21.0. The van der Waals surface area contributed by atoms with Crippen molar-refractivity contribution in [2.75, 3.05) is 38.0 Å². The van der Waals surface area contributed by atoms with Gasteiger partial charge in [-0.05, 0) is 37.0 Å². The monoisotopic (exact) mass is 420 g/mol. The average molecular weight is 421 g/mol. The molecule has 0 spiro atoms. The summed E-state index contributed by atoms with van der Waals surface area (Å²) in [6, 6.07) is 8.82. The Morgan fingerprint density at radius 3 is 2.41 bits per heavy atom. The van der Waals surface area contributed by atoms with Crippen molar-refractivity contribution >= 4 is 21.7 Å². The molecule has 29 heavy (non-hydrogen) atoms. The average Bonchev–Trinajstić information content (AvgIpc) is 3.12. The number of piperazine rings is 1. The topological polar surface area (TPSA) is 95.8 Å². The fourth-order valence-electron chi connectivity index (χ4n) is 3.29. The fourth-order valence-corrected chi connectivity index (χ4v) is 4.71. The van der Waals surface area contributed by atoms with E-state index in [9.17, 15) is 13.2 Å². The van der Waals surface area contributed by atoms with Crippen LogP contribution in [0, 0.1) is 6.92 Å². The molecule has 3 rings (SSSR count). The molecule has 1 aromatic carbocycles. The highest BCUT2D eigenvalue weighted by molar-refractivity contribution is 7.89. The summed E-state index contributed by atoms with van der Waals surface area (Å²) in [7, 11) is -3.53. The normalized spacial score (nSPS) is 17.2. The number of carbonyl (C=O) groups excluding carboxylic acids is 1. The number of rotatable bonds is 7. The van der Waals surface area contributed by atoms with Crippen molar-refractivity contribution in [1.82, 2.24) is 14.4 Å². The lowest BCUT2D eigenvalue weighted by Crippen LogP contribution is -2.50. The Labute approximate surface area is 171 Å². The highest BCUT2D eigenvalue weighted by atomic mass is 32.2. The molecule has 1 aromatic heterocycles. The first-order valence-electron chi connectivity index (χ1n) is 9.85. The largest absolute Gasteiger partial charge is 0.360 e.